The number of imidazole rings is 1. The van der Waals surface area contributed by atoms with Crippen LogP contribution in [0.2, 0.25) is 25.7 Å². The average molecular weight is 568 g/mol. The van der Waals surface area contributed by atoms with Gasteiger partial charge in [-0.1, -0.05) is 56.0 Å². The molecule has 3 aromatic heterocycles. The van der Waals surface area contributed by atoms with Crippen LogP contribution < -0.4 is 0 Å². The average Bonchev–Trinajstić information content (AvgIpc) is 3.52. The van der Waals surface area contributed by atoms with Crippen LogP contribution in [0.15, 0.2) is 72.9 Å². The lowest BCUT2D eigenvalue weighted by molar-refractivity contribution is -0.137. The predicted molar refractivity (Wildman–Crippen MR) is 166 cm³/mol. The van der Waals surface area contributed by atoms with Crippen LogP contribution in [0.1, 0.15) is 25.2 Å². The molecule has 5 rings (SSSR count). The second-order valence-corrected chi connectivity index (χ2v) is 16.7. The summed E-state index contributed by atoms with van der Waals surface area (Å²) in [7, 11) is -1.24. The summed E-state index contributed by atoms with van der Waals surface area (Å²) in [6, 6.07) is 21.0. The molecule has 5 aromatic rings. The van der Waals surface area contributed by atoms with Gasteiger partial charge in [-0.3, -0.25) is 14.2 Å². The number of ether oxygens (including phenoxy) is 2. The molecule has 0 radical (unpaired) electrons. The highest BCUT2D eigenvalue weighted by Gasteiger charge is 2.20. The van der Waals surface area contributed by atoms with Crippen molar-refractivity contribution in [3.05, 3.63) is 84.3 Å². The number of rotatable bonds is 11. The fourth-order valence-corrected chi connectivity index (χ4v) is 5.53. The Balaban J connectivity index is 1.56. The molecular formula is C32H37N5O3Si. The van der Waals surface area contributed by atoms with Crippen molar-refractivity contribution in [2.24, 2.45) is 0 Å². The molecule has 0 bridgehead atoms. The molecule has 212 valence electrons. The first-order chi connectivity index (χ1) is 19.8. The number of carbonyl (C=O) groups is 1. The lowest BCUT2D eigenvalue weighted by atomic mass is 10.0. The Labute approximate surface area is 241 Å². The van der Waals surface area contributed by atoms with Gasteiger partial charge in [-0.2, -0.15) is 5.10 Å². The summed E-state index contributed by atoms with van der Waals surface area (Å²) in [6.07, 6.45) is 3.32. The molecule has 0 atom stereocenters. The van der Waals surface area contributed by atoms with E-state index in [1.165, 1.54) is 6.08 Å². The van der Waals surface area contributed by atoms with Crippen molar-refractivity contribution in [1.82, 2.24) is 24.3 Å². The van der Waals surface area contributed by atoms with Gasteiger partial charge in [-0.05, 0) is 49.7 Å². The number of nitrogens with zero attached hydrogens (tertiary/aromatic N) is 5. The van der Waals surface area contributed by atoms with Crippen LogP contribution in [0, 0.1) is 0 Å². The Morgan fingerprint density at radius 3 is 2.46 bits per heavy atom. The molecule has 0 saturated heterocycles. The summed E-state index contributed by atoms with van der Waals surface area (Å²) in [5.41, 5.74) is 6.93. The van der Waals surface area contributed by atoms with Gasteiger partial charge >= 0.3 is 5.97 Å². The van der Waals surface area contributed by atoms with Gasteiger partial charge < -0.3 is 9.47 Å². The molecule has 8 nitrogen and oxygen atoms in total. The quantitative estimate of drug-likeness (QED) is 0.0758. The summed E-state index contributed by atoms with van der Waals surface area (Å²) >= 11 is 0. The molecule has 0 amide bonds. The van der Waals surface area contributed by atoms with E-state index in [-0.39, 0.29) is 6.61 Å². The fourth-order valence-electron chi connectivity index (χ4n) is 4.78. The van der Waals surface area contributed by atoms with Crippen LogP contribution in [-0.4, -0.2) is 51.6 Å². The van der Waals surface area contributed by atoms with Gasteiger partial charge in [-0.25, -0.2) is 9.78 Å². The van der Waals surface area contributed by atoms with Crippen molar-refractivity contribution in [2.75, 3.05) is 13.2 Å². The number of para-hydroxylation sites is 2. The van der Waals surface area contributed by atoms with Gasteiger partial charge in [0.05, 0.1) is 23.2 Å². The van der Waals surface area contributed by atoms with E-state index in [0.29, 0.717) is 24.7 Å². The highest BCUT2D eigenvalue weighted by Crippen LogP contribution is 2.31. The molecule has 0 unspecified atom stereocenters. The molecule has 0 saturated carbocycles. The zero-order valence-corrected chi connectivity index (χ0v) is 25.4. The first-order valence-corrected chi connectivity index (χ1v) is 17.8. The normalized spacial score (nSPS) is 12.4. The minimum Gasteiger partial charge on any atom is -0.463 e. The third-order valence-corrected chi connectivity index (χ3v) is 8.64. The smallest absolute Gasteiger partial charge is 0.331 e. The van der Waals surface area contributed by atoms with E-state index in [1.54, 1.807) is 13.1 Å². The van der Waals surface area contributed by atoms with Crippen LogP contribution in [0.4, 0.5) is 0 Å². The summed E-state index contributed by atoms with van der Waals surface area (Å²) in [4.78, 5) is 22.3. The SMILES string of the molecule is CCOC(=O)/C=C(/c1ccc(-c2nn(CC)c3cccnc23)cc1)c1nc2ccccc2n1COCC[Si](C)(C)C. The number of carbonyl (C=O) groups excluding carboxylic acids is 1. The van der Waals surface area contributed by atoms with Gasteiger partial charge in [0.1, 0.15) is 23.8 Å². The maximum Gasteiger partial charge on any atom is 0.331 e. The third kappa shape index (κ3) is 6.31. The largest absolute Gasteiger partial charge is 0.463 e. The first-order valence-electron chi connectivity index (χ1n) is 14.1. The first kappa shape index (κ1) is 28.4. The van der Waals surface area contributed by atoms with E-state index < -0.39 is 14.0 Å². The van der Waals surface area contributed by atoms with E-state index in [0.717, 1.165) is 51.5 Å². The van der Waals surface area contributed by atoms with Gasteiger partial charge in [-0.15, -0.1) is 0 Å². The second-order valence-electron chi connectivity index (χ2n) is 11.1. The summed E-state index contributed by atoms with van der Waals surface area (Å²) in [5.74, 6) is 0.240. The third-order valence-electron chi connectivity index (χ3n) is 6.94. The van der Waals surface area contributed by atoms with Crippen molar-refractivity contribution < 1.29 is 14.3 Å². The van der Waals surface area contributed by atoms with E-state index in [2.05, 4.69) is 31.5 Å². The van der Waals surface area contributed by atoms with Gasteiger partial charge in [0.25, 0.3) is 0 Å². The molecule has 0 aliphatic carbocycles. The van der Waals surface area contributed by atoms with Gasteiger partial charge in [0, 0.05) is 44.6 Å². The van der Waals surface area contributed by atoms with Crippen LogP contribution >= 0.6 is 0 Å². The Bertz CT molecular complexity index is 1700. The molecule has 0 spiro atoms. The number of esters is 1. The number of pyridine rings is 1. The lowest BCUT2D eigenvalue weighted by Crippen LogP contribution is -2.22. The Morgan fingerprint density at radius 2 is 1.73 bits per heavy atom. The molecule has 0 fully saturated rings. The maximum absolute atomic E-state index is 12.8. The number of benzene rings is 2. The van der Waals surface area contributed by atoms with Crippen molar-refractivity contribution in [3.63, 3.8) is 0 Å². The van der Waals surface area contributed by atoms with E-state index >= 15 is 0 Å². The van der Waals surface area contributed by atoms with Crippen molar-refractivity contribution in [2.45, 2.75) is 52.8 Å². The highest BCUT2D eigenvalue weighted by molar-refractivity contribution is 6.76. The molecule has 0 aliphatic rings. The van der Waals surface area contributed by atoms with Gasteiger partial charge in [0.15, 0.2) is 0 Å². The molecule has 0 N–H and O–H groups in total. The van der Waals surface area contributed by atoms with Crippen LogP contribution in [0.5, 0.6) is 0 Å². The van der Waals surface area contributed by atoms with E-state index in [4.69, 9.17) is 19.6 Å². The van der Waals surface area contributed by atoms with E-state index in [9.17, 15) is 4.79 Å². The lowest BCUT2D eigenvalue weighted by Gasteiger charge is -2.17. The van der Waals surface area contributed by atoms with E-state index in [1.807, 2.05) is 69.9 Å². The molecule has 3 heterocycles. The summed E-state index contributed by atoms with van der Waals surface area (Å²) in [5, 5.41) is 4.82. The number of hydrogen-bond acceptors (Lipinski definition) is 6. The Hall–Kier alpha value is -4.08. The number of fused-ring (bicyclic) bond motifs is 2. The van der Waals surface area contributed by atoms with Crippen molar-refractivity contribution >= 4 is 41.7 Å². The van der Waals surface area contributed by atoms with Crippen molar-refractivity contribution in [1.29, 1.82) is 0 Å². The molecule has 9 heteroatoms. The maximum atomic E-state index is 12.8. The fraction of sp³-hybridized carbons (Fsp3) is 0.312. The molecular weight excluding hydrogens is 530 g/mol. The Morgan fingerprint density at radius 1 is 0.976 bits per heavy atom. The zero-order chi connectivity index (χ0) is 29.0. The standard InChI is InChI=1S/C32H37N5O3Si/c1-6-37-28-13-10-18-33-31(28)30(35-37)24-16-14-23(15-17-24)25(21-29(38)40-7-2)32-34-26-11-8-9-12-27(26)36(32)22-39-19-20-41(3,4)5/h8-18,21H,6-7,19-20,22H2,1-5H3/b25-21-. The molecule has 2 aromatic carbocycles. The van der Waals surface area contributed by atoms with Gasteiger partial charge in [0.2, 0.25) is 0 Å². The monoisotopic (exact) mass is 567 g/mol. The summed E-state index contributed by atoms with van der Waals surface area (Å²) < 4.78 is 15.5. The topological polar surface area (TPSA) is 84.1 Å². The number of aryl methyl sites for hydroxylation is 1. The minimum absolute atomic E-state index is 0.290. The number of hydrogen-bond donors (Lipinski definition) is 0. The zero-order valence-electron chi connectivity index (χ0n) is 24.4. The van der Waals surface area contributed by atoms with Crippen LogP contribution in [-0.2, 0) is 27.5 Å². The summed E-state index contributed by atoms with van der Waals surface area (Å²) in [6.45, 7) is 12.9. The minimum atomic E-state index is -1.24. The molecule has 41 heavy (non-hydrogen) atoms. The predicted octanol–water partition coefficient (Wildman–Crippen LogP) is 6.78. The number of aromatic nitrogens is 5. The van der Waals surface area contributed by atoms with Crippen molar-refractivity contribution in [3.8, 4) is 11.3 Å². The molecule has 0 aliphatic heterocycles. The highest BCUT2D eigenvalue weighted by atomic mass is 28.3. The Kier molecular flexibility index (Phi) is 8.46. The second kappa shape index (κ2) is 12.2. The van der Waals surface area contributed by atoms with Crippen LogP contribution in [0.3, 0.4) is 0 Å². The van der Waals surface area contributed by atoms with Crippen LogP contribution in [0.25, 0.3) is 38.9 Å².